The molecule has 0 aromatic carbocycles. The summed E-state index contributed by atoms with van der Waals surface area (Å²) >= 11 is -1.70. The molecule has 96 valence electrons. The average molecular weight is 250 g/mol. The molecule has 0 radical (unpaired) electrons. The van der Waals surface area contributed by atoms with Crippen molar-refractivity contribution in [2.45, 2.75) is 51.9 Å². The molecule has 0 fully saturated rings. The second-order valence-electron chi connectivity index (χ2n) is 3.76. The van der Waals surface area contributed by atoms with E-state index in [1.54, 1.807) is 0 Å². The summed E-state index contributed by atoms with van der Waals surface area (Å²) in [5.74, 6) is 0.146. The monoisotopic (exact) mass is 250 g/mol. The summed E-state index contributed by atoms with van der Waals surface area (Å²) in [6.45, 7) is 2.63. The lowest BCUT2D eigenvalue weighted by atomic mass is 10.2. The highest BCUT2D eigenvalue weighted by atomic mass is 32.2. The second-order valence-corrected chi connectivity index (χ2v) is 4.82. The molecule has 1 atom stereocenters. The first-order chi connectivity index (χ1) is 7.66. The summed E-state index contributed by atoms with van der Waals surface area (Å²) in [5, 5.41) is 0. The van der Waals surface area contributed by atoms with Gasteiger partial charge in [0.15, 0.2) is 11.1 Å². The van der Waals surface area contributed by atoms with Crippen LogP contribution in [-0.2, 0) is 20.6 Å². The minimum absolute atomic E-state index is 0.152. The lowest BCUT2D eigenvalue weighted by Crippen LogP contribution is -2.05. The molecule has 0 saturated heterocycles. The van der Waals surface area contributed by atoms with Crippen molar-refractivity contribution in [3.8, 4) is 0 Å². The van der Waals surface area contributed by atoms with Crippen LogP contribution in [0.15, 0.2) is 0 Å². The van der Waals surface area contributed by atoms with Crippen LogP contribution in [0.5, 0.6) is 0 Å². The van der Waals surface area contributed by atoms with Crippen molar-refractivity contribution < 1.29 is 18.3 Å². The Morgan fingerprint density at radius 3 is 2.56 bits per heavy atom. The molecule has 0 aliphatic rings. The molecule has 4 nitrogen and oxygen atoms in total. The number of hydrogen-bond donors (Lipinski definition) is 1. The van der Waals surface area contributed by atoms with Gasteiger partial charge in [0.1, 0.15) is 0 Å². The SMILES string of the molecule is CCCCCOC(=O)CCCCCS(=O)O. The summed E-state index contributed by atoms with van der Waals surface area (Å²) in [7, 11) is 0. The molecule has 1 N–H and O–H groups in total. The molecule has 0 rings (SSSR count). The normalized spacial score (nSPS) is 12.4. The van der Waals surface area contributed by atoms with Crippen LogP contribution in [0.1, 0.15) is 51.9 Å². The lowest BCUT2D eigenvalue weighted by molar-refractivity contribution is -0.143. The second kappa shape index (κ2) is 11.1. The Hall–Kier alpha value is -0.420. The van der Waals surface area contributed by atoms with Crippen LogP contribution in [0, 0.1) is 0 Å². The Balaban J connectivity index is 3.20. The molecule has 0 heterocycles. The van der Waals surface area contributed by atoms with Crippen molar-refractivity contribution in [1.29, 1.82) is 0 Å². The zero-order valence-corrected chi connectivity index (χ0v) is 10.8. The fourth-order valence-corrected chi connectivity index (χ4v) is 1.73. The molecule has 0 aliphatic heterocycles. The van der Waals surface area contributed by atoms with Gasteiger partial charge in [-0.05, 0) is 19.3 Å². The third-order valence-electron chi connectivity index (χ3n) is 2.21. The number of ether oxygens (including phenoxy) is 1. The summed E-state index contributed by atoms with van der Waals surface area (Å²) in [4.78, 5) is 11.2. The fourth-order valence-electron chi connectivity index (χ4n) is 1.28. The van der Waals surface area contributed by atoms with E-state index >= 15 is 0 Å². The highest BCUT2D eigenvalue weighted by Crippen LogP contribution is 2.03. The van der Waals surface area contributed by atoms with Crippen molar-refractivity contribution in [3.63, 3.8) is 0 Å². The van der Waals surface area contributed by atoms with Gasteiger partial charge in [0.05, 0.1) is 6.61 Å². The highest BCUT2D eigenvalue weighted by Gasteiger charge is 2.02. The van der Waals surface area contributed by atoms with E-state index < -0.39 is 11.1 Å². The first-order valence-corrected chi connectivity index (χ1v) is 7.17. The zero-order valence-electron chi connectivity index (χ0n) is 9.94. The molecular weight excluding hydrogens is 228 g/mol. The Kier molecular flexibility index (Phi) is 10.8. The standard InChI is InChI=1S/C11H22O4S/c1-2-3-6-9-15-11(12)8-5-4-7-10-16(13)14/h2-10H2,1H3,(H,13,14). The number of esters is 1. The van der Waals surface area contributed by atoms with Gasteiger partial charge in [-0.1, -0.05) is 26.2 Å². The van der Waals surface area contributed by atoms with Crippen LogP contribution < -0.4 is 0 Å². The lowest BCUT2D eigenvalue weighted by Gasteiger charge is -2.03. The smallest absolute Gasteiger partial charge is 0.305 e. The van der Waals surface area contributed by atoms with E-state index in [9.17, 15) is 9.00 Å². The highest BCUT2D eigenvalue weighted by molar-refractivity contribution is 7.79. The summed E-state index contributed by atoms with van der Waals surface area (Å²) in [5.41, 5.74) is 0. The summed E-state index contributed by atoms with van der Waals surface area (Å²) in [6, 6.07) is 0. The molecule has 0 aromatic rings. The van der Waals surface area contributed by atoms with E-state index in [0.29, 0.717) is 25.2 Å². The molecule has 0 aromatic heterocycles. The van der Waals surface area contributed by atoms with Crippen molar-refractivity contribution in [2.75, 3.05) is 12.4 Å². The minimum atomic E-state index is -1.70. The van der Waals surface area contributed by atoms with Gasteiger partial charge >= 0.3 is 5.97 Å². The van der Waals surface area contributed by atoms with E-state index in [4.69, 9.17) is 9.29 Å². The molecule has 16 heavy (non-hydrogen) atoms. The molecule has 0 spiro atoms. The summed E-state index contributed by atoms with van der Waals surface area (Å²) < 4.78 is 23.9. The van der Waals surface area contributed by atoms with Gasteiger partial charge in [0, 0.05) is 12.2 Å². The third kappa shape index (κ3) is 11.7. The van der Waals surface area contributed by atoms with Crippen LogP contribution in [0.4, 0.5) is 0 Å². The van der Waals surface area contributed by atoms with Gasteiger partial charge in [0.2, 0.25) is 0 Å². The van der Waals surface area contributed by atoms with Crippen molar-refractivity contribution in [3.05, 3.63) is 0 Å². The summed E-state index contributed by atoms with van der Waals surface area (Å²) in [6.07, 6.45) is 5.80. The molecule has 0 saturated carbocycles. The van der Waals surface area contributed by atoms with E-state index in [2.05, 4.69) is 6.92 Å². The van der Waals surface area contributed by atoms with Gasteiger partial charge in [-0.15, -0.1) is 0 Å². The number of carbonyl (C=O) groups is 1. The van der Waals surface area contributed by atoms with Crippen LogP contribution in [0.2, 0.25) is 0 Å². The Morgan fingerprint density at radius 2 is 1.94 bits per heavy atom. The Bertz CT molecular complexity index is 206. The Morgan fingerprint density at radius 1 is 1.19 bits per heavy atom. The maximum absolute atomic E-state index is 11.2. The van der Waals surface area contributed by atoms with Gasteiger partial charge in [-0.3, -0.25) is 4.79 Å². The molecule has 0 bridgehead atoms. The van der Waals surface area contributed by atoms with Crippen LogP contribution in [0.25, 0.3) is 0 Å². The first-order valence-electron chi connectivity index (χ1n) is 5.90. The van der Waals surface area contributed by atoms with E-state index in [-0.39, 0.29) is 5.97 Å². The number of unbranched alkanes of at least 4 members (excludes halogenated alkanes) is 4. The quantitative estimate of drug-likeness (QED) is 0.367. The maximum atomic E-state index is 11.2. The van der Waals surface area contributed by atoms with E-state index in [1.165, 1.54) is 0 Å². The van der Waals surface area contributed by atoms with Crippen LogP contribution >= 0.6 is 0 Å². The van der Waals surface area contributed by atoms with E-state index in [0.717, 1.165) is 32.1 Å². The van der Waals surface area contributed by atoms with Crippen molar-refractivity contribution in [2.24, 2.45) is 0 Å². The minimum Gasteiger partial charge on any atom is -0.466 e. The zero-order chi connectivity index (χ0) is 12.2. The number of carbonyl (C=O) groups excluding carboxylic acids is 1. The molecule has 5 heteroatoms. The predicted molar refractivity (Wildman–Crippen MR) is 64.6 cm³/mol. The van der Waals surface area contributed by atoms with Gasteiger partial charge in [-0.25, -0.2) is 4.21 Å². The van der Waals surface area contributed by atoms with Crippen molar-refractivity contribution >= 4 is 17.0 Å². The maximum Gasteiger partial charge on any atom is 0.305 e. The largest absolute Gasteiger partial charge is 0.466 e. The molecular formula is C11H22O4S. The van der Waals surface area contributed by atoms with Gasteiger partial charge in [-0.2, -0.15) is 0 Å². The molecule has 1 unspecified atom stereocenters. The predicted octanol–water partition coefficient (Wildman–Crippen LogP) is 2.50. The van der Waals surface area contributed by atoms with Crippen LogP contribution in [0.3, 0.4) is 0 Å². The molecule has 0 amide bonds. The Labute approximate surface area is 100 Å². The van der Waals surface area contributed by atoms with E-state index in [1.807, 2.05) is 0 Å². The fraction of sp³-hybridized carbons (Fsp3) is 0.909. The topological polar surface area (TPSA) is 63.6 Å². The average Bonchev–Trinajstić information content (AvgIpc) is 2.23. The van der Waals surface area contributed by atoms with Gasteiger partial charge < -0.3 is 9.29 Å². The first kappa shape index (κ1) is 15.6. The molecule has 0 aliphatic carbocycles. The third-order valence-corrected chi connectivity index (χ3v) is 2.85. The van der Waals surface area contributed by atoms with Crippen LogP contribution in [-0.4, -0.2) is 27.1 Å². The van der Waals surface area contributed by atoms with Gasteiger partial charge in [0.25, 0.3) is 0 Å². The number of rotatable bonds is 10. The van der Waals surface area contributed by atoms with Crippen molar-refractivity contribution in [1.82, 2.24) is 0 Å². The number of hydrogen-bond acceptors (Lipinski definition) is 3.